The highest BCUT2D eigenvalue weighted by atomic mass is 35.5. The van der Waals surface area contributed by atoms with Gasteiger partial charge in [-0.3, -0.25) is 9.69 Å². The first kappa shape index (κ1) is 19.7. The van der Waals surface area contributed by atoms with Crippen LogP contribution in [0.2, 0.25) is 5.02 Å². The van der Waals surface area contributed by atoms with E-state index in [9.17, 15) is 4.79 Å². The SMILES string of the molecule is CC1CN(C(=O)C(c2ccc(Cl)cc2)C2CC2)CC(C)N1CCN(C)C. The maximum Gasteiger partial charge on any atom is 0.230 e. The molecule has 0 radical (unpaired) electrons. The summed E-state index contributed by atoms with van der Waals surface area (Å²) in [7, 11) is 4.23. The van der Waals surface area contributed by atoms with Crippen LogP contribution in [-0.2, 0) is 4.79 Å². The van der Waals surface area contributed by atoms with Crippen molar-refractivity contribution in [2.24, 2.45) is 5.92 Å². The molecule has 144 valence electrons. The normalized spacial score (nSPS) is 25.5. The molecular weight excluding hydrogens is 346 g/mol. The first-order chi connectivity index (χ1) is 12.4. The third kappa shape index (κ3) is 4.59. The number of amides is 1. The Morgan fingerprint density at radius 2 is 1.73 bits per heavy atom. The minimum Gasteiger partial charge on any atom is -0.339 e. The third-order valence-electron chi connectivity index (χ3n) is 5.81. The molecule has 3 unspecified atom stereocenters. The van der Waals surface area contributed by atoms with Gasteiger partial charge in [-0.2, -0.15) is 0 Å². The van der Waals surface area contributed by atoms with Crippen molar-refractivity contribution in [2.45, 2.75) is 44.7 Å². The van der Waals surface area contributed by atoms with Crippen LogP contribution in [0, 0.1) is 5.92 Å². The molecule has 1 saturated heterocycles. The van der Waals surface area contributed by atoms with Crippen molar-refractivity contribution in [2.75, 3.05) is 40.3 Å². The van der Waals surface area contributed by atoms with Gasteiger partial charge in [0.1, 0.15) is 0 Å². The van der Waals surface area contributed by atoms with Crippen LogP contribution in [0.25, 0.3) is 0 Å². The molecule has 0 aromatic heterocycles. The molecule has 3 atom stereocenters. The van der Waals surface area contributed by atoms with E-state index in [0.717, 1.165) is 49.6 Å². The molecule has 1 aliphatic carbocycles. The number of rotatable bonds is 6. The van der Waals surface area contributed by atoms with Crippen molar-refractivity contribution in [3.05, 3.63) is 34.9 Å². The molecule has 1 aromatic rings. The summed E-state index contributed by atoms with van der Waals surface area (Å²) in [5, 5.41) is 0.729. The van der Waals surface area contributed by atoms with Gasteiger partial charge in [0, 0.05) is 43.3 Å². The van der Waals surface area contributed by atoms with Crippen LogP contribution in [0.1, 0.15) is 38.2 Å². The Morgan fingerprint density at radius 3 is 2.23 bits per heavy atom. The highest BCUT2D eigenvalue weighted by Crippen LogP contribution is 2.44. The molecule has 1 aliphatic heterocycles. The Hall–Kier alpha value is -1.10. The lowest BCUT2D eigenvalue weighted by Gasteiger charge is -2.45. The molecule has 1 amide bonds. The third-order valence-corrected chi connectivity index (χ3v) is 6.06. The first-order valence-corrected chi connectivity index (χ1v) is 10.2. The summed E-state index contributed by atoms with van der Waals surface area (Å²) in [6.45, 7) is 8.26. The molecule has 2 aliphatic rings. The van der Waals surface area contributed by atoms with Crippen molar-refractivity contribution >= 4 is 17.5 Å². The molecule has 1 aromatic carbocycles. The molecule has 1 saturated carbocycles. The summed E-state index contributed by atoms with van der Waals surface area (Å²) in [6, 6.07) is 8.67. The number of carbonyl (C=O) groups excluding carboxylic acids is 1. The number of nitrogens with zero attached hydrogens (tertiary/aromatic N) is 3. The predicted molar refractivity (Wildman–Crippen MR) is 108 cm³/mol. The highest BCUT2D eigenvalue weighted by Gasteiger charge is 2.41. The van der Waals surface area contributed by atoms with Gasteiger partial charge in [-0.15, -0.1) is 0 Å². The number of halogens is 1. The number of carbonyl (C=O) groups is 1. The summed E-state index contributed by atoms with van der Waals surface area (Å²) in [6.07, 6.45) is 2.32. The number of benzene rings is 1. The van der Waals surface area contributed by atoms with E-state index < -0.39 is 0 Å². The van der Waals surface area contributed by atoms with Crippen molar-refractivity contribution in [3.8, 4) is 0 Å². The van der Waals surface area contributed by atoms with Gasteiger partial charge in [0.2, 0.25) is 5.91 Å². The zero-order chi connectivity index (χ0) is 18.8. The van der Waals surface area contributed by atoms with Crippen molar-refractivity contribution < 1.29 is 4.79 Å². The van der Waals surface area contributed by atoms with Crippen LogP contribution < -0.4 is 0 Å². The van der Waals surface area contributed by atoms with E-state index >= 15 is 0 Å². The van der Waals surface area contributed by atoms with Crippen molar-refractivity contribution in [3.63, 3.8) is 0 Å². The summed E-state index contributed by atoms with van der Waals surface area (Å²) in [5.74, 6) is 0.807. The quantitative estimate of drug-likeness (QED) is 0.760. The van der Waals surface area contributed by atoms with Crippen LogP contribution >= 0.6 is 11.6 Å². The van der Waals surface area contributed by atoms with E-state index in [4.69, 9.17) is 11.6 Å². The Kier molecular flexibility index (Phi) is 6.26. The molecule has 4 nitrogen and oxygen atoms in total. The molecule has 0 spiro atoms. The van der Waals surface area contributed by atoms with E-state index in [0.29, 0.717) is 23.9 Å². The highest BCUT2D eigenvalue weighted by molar-refractivity contribution is 6.30. The molecular formula is C21H32ClN3O. The fraction of sp³-hybridized carbons (Fsp3) is 0.667. The fourth-order valence-corrected chi connectivity index (χ4v) is 4.33. The predicted octanol–water partition coefficient (Wildman–Crippen LogP) is 3.32. The lowest BCUT2D eigenvalue weighted by atomic mass is 9.91. The Bertz CT molecular complexity index is 602. The molecule has 1 heterocycles. The monoisotopic (exact) mass is 377 g/mol. The standard InChI is InChI=1S/C21H32ClN3O/c1-15-13-24(14-16(2)25(15)12-11-23(3)4)21(26)20(17-5-6-17)18-7-9-19(22)10-8-18/h7-10,15-17,20H,5-6,11-14H2,1-4H3. The Balaban J connectivity index is 1.69. The van der Waals surface area contributed by atoms with Crippen LogP contribution in [0.15, 0.2) is 24.3 Å². The molecule has 5 heteroatoms. The van der Waals surface area contributed by atoms with Gasteiger partial charge in [0.05, 0.1) is 5.92 Å². The summed E-state index contributed by atoms with van der Waals surface area (Å²) < 4.78 is 0. The van der Waals surface area contributed by atoms with Crippen molar-refractivity contribution in [1.82, 2.24) is 14.7 Å². The summed E-state index contributed by atoms with van der Waals surface area (Å²) >= 11 is 6.04. The number of hydrogen-bond donors (Lipinski definition) is 0. The van der Waals surface area contributed by atoms with E-state index in [1.54, 1.807) is 0 Å². The van der Waals surface area contributed by atoms with E-state index in [1.807, 2.05) is 24.3 Å². The molecule has 3 rings (SSSR count). The smallest absolute Gasteiger partial charge is 0.230 e. The average molecular weight is 378 g/mol. The van der Waals surface area contributed by atoms with Gasteiger partial charge in [-0.1, -0.05) is 23.7 Å². The second-order valence-corrected chi connectivity index (χ2v) is 8.79. The van der Waals surface area contributed by atoms with Crippen LogP contribution in [0.4, 0.5) is 0 Å². The second kappa shape index (κ2) is 8.28. The van der Waals surface area contributed by atoms with Gasteiger partial charge >= 0.3 is 0 Å². The Labute approximate surface area is 163 Å². The maximum atomic E-state index is 13.4. The van der Waals surface area contributed by atoms with Gasteiger partial charge in [-0.25, -0.2) is 0 Å². The Morgan fingerprint density at radius 1 is 1.15 bits per heavy atom. The second-order valence-electron chi connectivity index (χ2n) is 8.35. The largest absolute Gasteiger partial charge is 0.339 e. The van der Waals surface area contributed by atoms with Crippen molar-refractivity contribution in [1.29, 1.82) is 0 Å². The molecule has 0 N–H and O–H groups in total. The summed E-state index contributed by atoms with van der Waals surface area (Å²) in [4.78, 5) is 20.3. The van der Waals surface area contributed by atoms with E-state index in [1.165, 1.54) is 0 Å². The van der Waals surface area contributed by atoms with Gasteiger partial charge < -0.3 is 9.80 Å². The zero-order valence-electron chi connectivity index (χ0n) is 16.5. The fourth-order valence-electron chi connectivity index (χ4n) is 4.21. The maximum absolute atomic E-state index is 13.4. The number of hydrogen-bond acceptors (Lipinski definition) is 3. The minimum atomic E-state index is -0.00000758. The minimum absolute atomic E-state index is 0.00000758. The molecule has 2 fully saturated rings. The molecule has 0 bridgehead atoms. The molecule has 26 heavy (non-hydrogen) atoms. The lowest BCUT2D eigenvalue weighted by Crippen LogP contribution is -2.59. The lowest BCUT2D eigenvalue weighted by molar-refractivity contribution is -0.137. The van der Waals surface area contributed by atoms with Gasteiger partial charge in [0.25, 0.3) is 0 Å². The first-order valence-electron chi connectivity index (χ1n) is 9.81. The zero-order valence-corrected chi connectivity index (χ0v) is 17.2. The number of likely N-dealkylation sites (N-methyl/N-ethyl adjacent to an activating group) is 1. The van der Waals surface area contributed by atoms with Gasteiger partial charge in [-0.05, 0) is 64.4 Å². The summed E-state index contributed by atoms with van der Waals surface area (Å²) in [5.41, 5.74) is 1.12. The topological polar surface area (TPSA) is 26.8 Å². The van der Waals surface area contributed by atoms with Gasteiger partial charge in [0.15, 0.2) is 0 Å². The van der Waals surface area contributed by atoms with E-state index in [2.05, 4.69) is 42.6 Å². The van der Waals surface area contributed by atoms with E-state index in [-0.39, 0.29) is 5.92 Å². The number of piperazine rings is 1. The van der Waals surface area contributed by atoms with Crippen LogP contribution in [0.3, 0.4) is 0 Å². The van der Waals surface area contributed by atoms with Crippen LogP contribution in [0.5, 0.6) is 0 Å². The van der Waals surface area contributed by atoms with Crippen LogP contribution in [-0.4, -0.2) is 73.0 Å². The average Bonchev–Trinajstić information content (AvgIpc) is 3.40.